The Bertz CT molecular complexity index is 1140. The first kappa shape index (κ1) is 21.2. The lowest BCUT2D eigenvalue weighted by atomic mass is 10.1. The van der Waals surface area contributed by atoms with Gasteiger partial charge in [0.1, 0.15) is 11.6 Å². The molecule has 3 rings (SSSR count). The monoisotopic (exact) mass is 487 g/mol. The van der Waals surface area contributed by atoms with Crippen molar-refractivity contribution in [3.63, 3.8) is 0 Å². The zero-order valence-electron chi connectivity index (χ0n) is 15.6. The summed E-state index contributed by atoms with van der Waals surface area (Å²) in [5.74, 6) is -0.467. The second-order valence-electron chi connectivity index (χ2n) is 6.42. The van der Waals surface area contributed by atoms with Gasteiger partial charge < -0.3 is 9.88 Å². The molecule has 0 atom stereocenters. The van der Waals surface area contributed by atoms with Gasteiger partial charge in [-0.1, -0.05) is 39.1 Å². The molecule has 3 aromatic rings. The fourth-order valence-electron chi connectivity index (χ4n) is 3.04. The van der Waals surface area contributed by atoms with Gasteiger partial charge in [-0.15, -0.1) is 0 Å². The smallest absolute Gasteiger partial charge is 0.266 e. The van der Waals surface area contributed by atoms with E-state index in [0.29, 0.717) is 15.7 Å². The highest BCUT2D eigenvalue weighted by Crippen LogP contribution is 2.27. The first-order valence-electron chi connectivity index (χ1n) is 8.62. The summed E-state index contributed by atoms with van der Waals surface area (Å²) in [5, 5.41) is 13.3. The van der Waals surface area contributed by atoms with Gasteiger partial charge in [-0.25, -0.2) is 0 Å². The molecule has 0 spiro atoms. The van der Waals surface area contributed by atoms with Crippen molar-refractivity contribution in [1.29, 1.82) is 5.26 Å². The molecule has 0 saturated heterocycles. The van der Waals surface area contributed by atoms with Gasteiger partial charge in [0.15, 0.2) is 0 Å². The number of anilines is 1. The van der Waals surface area contributed by atoms with E-state index < -0.39 is 5.91 Å². The van der Waals surface area contributed by atoms with E-state index in [1.54, 1.807) is 24.3 Å². The first-order valence-corrected chi connectivity index (χ1v) is 10.2. The molecule has 0 unspecified atom stereocenters. The topological polar surface area (TPSA) is 57.8 Å². The number of hydrogen-bond acceptors (Lipinski definition) is 2. The zero-order chi connectivity index (χ0) is 21.1. The zero-order valence-corrected chi connectivity index (χ0v) is 18.7. The summed E-state index contributed by atoms with van der Waals surface area (Å²) in [6.45, 7) is 3.85. The maximum Gasteiger partial charge on any atom is 0.266 e. The van der Waals surface area contributed by atoms with Crippen LogP contribution in [-0.4, -0.2) is 10.5 Å². The molecule has 1 amide bonds. The van der Waals surface area contributed by atoms with Crippen molar-refractivity contribution in [2.45, 2.75) is 13.8 Å². The summed E-state index contributed by atoms with van der Waals surface area (Å²) in [6, 6.07) is 16.3. The summed E-state index contributed by atoms with van der Waals surface area (Å²) in [4.78, 5) is 12.5. The first-order chi connectivity index (χ1) is 13.8. The molecule has 0 radical (unpaired) electrons. The number of carbonyl (C=O) groups is 1. The van der Waals surface area contributed by atoms with E-state index in [9.17, 15) is 10.1 Å². The molecule has 2 aromatic carbocycles. The molecule has 1 heterocycles. The third-order valence-electron chi connectivity index (χ3n) is 4.34. The number of halogens is 3. The number of hydrogen-bond donors (Lipinski definition) is 1. The lowest BCUT2D eigenvalue weighted by Gasteiger charge is -2.11. The predicted molar refractivity (Wildman–Crippen MR) is 122 cm³/mol. The van der Waals surface area contributed by atoms with Crippen LogP contribution in [0.25, 0.3) is 11.8 Å². The number of rotatable bonds is 4. The fourth-order valence-corrected chi connectivity index (χ4v) is 3.81. The van der Waals surface area contributed by atoms with Gasteiger partial charge in [0.2, 0.25) is 0 Å². The number of aromatic nitrogens is 1. The molecule has 0 bridgehead atoms. The minimum atomic E-state index is -0.467. The second kappa shape index (κ2) is 8.87. The minimum Gasteiger partial charge on any atom is -0.321 e. The van der Waals surface area contributed by atoms with Gasteiger partial charge in [-0.3, -0.25) is 4.79 Å². The minimum absolute atomic E-state index is 0.0114. The maximum absolute atomic E-state index is 12.5. The van der Waals surface area contributed by atoms with Crippen LogP contribution in [0.3, 0.4) is 0 Å². The predicted octanol–water partition coefficient (Wildman–Crippen LogP) is 6.71. The molecule has 0 aliphatic heterocycles. The van der Waals surface area contributed by atoms with E-state index >= 15 is 0 Å². The molecule has 0 saturated carbocycles. The van der Waals surface area contributed by atoms with Crippen LogP contribution in [0.4, 0.5) is 5.69 Å². The van der Waals surface area contributed by atoms with Crippen LogP contribution < -0.4 is 5.32 Å². The molecular formula is C22H16BrCl2N3O. The quantitative estimate of drug-likeness (QED) is 0.327. The van der Waals surface area contributed by atoms with Gasteiger partial charge in [0.05, 0.1) is 0 Å². The highest BCUT2D eigenvalue weighted by atomic mass is 79.9. The number of amides is 1. The van der Waals surface area contributed by atoms with Crippen molar-refractivity contribution in [3.8, 4) is 11.8 Å². The summed E-state index contributed by atoms with van der Waals surface area (Å²) in [6.07, 6.45) is 1.58. The number of nitrogens with zero attached hydrogens (tertiary/aromatic N) is 2. The summed E-state index contributed by atoms with van der Waals surface area (Å²) in [7, 11) is 0. The van der Waals surface area contributed by atoms with E-state index in [4.69, 9.17) is 23.2 Å². The molecule has 0 fully saturated rings. The SMILES string of the molecule is Cc1cc(/C=C(\C#N)C(=O)Nc2ccc(Br)cc2)c(C)n1-c1cc(Cl)cc(Cl)c1. The van der Waals surface area contributed by atoms with Crippen molar-refractivity contribution in [2.75, 3.05) is 5.32 Å². The Balaban J connectivity index is 1.95. The number of benzene rings is 2. The third kappa shape index (κ3) is 4.91. The average Bonchev–Trinajstić information content (AvgIpc) is 2.94. The molecule has 4 nitrogen and oxygen atoms in total. The Hall–Kier alpha value is -2.52. The average molecular weight is 489 g/mol. The van der Waals surface area contributed by atoms with E-state index in [2.05, 4.69) is 21.2 Å². The molecule has 0 aliphatic carbocycles. The third-order valence-corrected chi connectivity index (χ3v) is 5.31. The van der Waals surface area contributed by atoms with Crippen molar-refractivity contribution in [1.82, 2.24) is 4.57 Å². The van der Waals surface area contributed by atoms with Gasteiger partial charge in [-0.2, -0.15) is 5.26 Å². The second-order valence-corrected chi connectivity index (χ2v) is 8.21. The lowest BCUT2D eigenvalue weighted by molar-refractivity contribution is -0.112. The van der Waals surface area contributed by atoms with Crippen LogP contribution in [0.2, 0.25) is 10.0 Å². The van der Waals surface area contributed by atoms with Crippen molar-refractivity contribution < 1.29 is 4.79 Å². The van der Waals surface area contributed by atoms with Crippen molar-refractivity contribution in [2.24, 2.45) is 0 Å². The van der Waals surface area contributed by atoms with Crippen LogP contribution in [0, 0.1) is 25.2 Å². The lowest BCUT2D eigenvalue weighted by Crippen LogP contribution is -2.13. The number of nitriles is 1. The molecular weight excluding hydrogens is 473 g/mol. The van der Waals surface area contributed by atoms with Crippen LogP contribution in [0.5, 0.6) is 0 Å². The molecule has 1 N–H and O–H groups in total. The molecule has 7 heteroatoms. The maximum atomic E-state index is 12.5. The van der Waals surface area contributed by atoms with E-state index in [-0.39, 0.29) is 5.57 Å². The molecule has 29 heavy (non-hydrogen) atoms. The number of aryl methyl sites for hydroxylation is 1. The molecule has 146 valence electrons. The number of carbonyl (C=O) groups excluding carboxylic acids is 1. The fraction of sp³-hybridized carbons (Fsp3) is 0.0909. The van der Waals surface area contributed by atoms with Gasteiger partial charge in [0.25, 0.3) is 5.91 Å². The van der Waals surface area contributed by atoms with E-state index in [1.807, 2.05) is 54.8 Å². The number of nitrogens with one attached hydrogen (secondary N) is 1. The molecule has 0 aliphatic rings. The summed E-state index contributed by atoms with van der Waals surface area (Å²) < 4.78 is 2.88. The highest BCUT2D eigenvalue weighted by Gasteiger charge is 2.14. The van der Waals surface area contributed by atoms with Gasteiger partial charge in [0, 0.05) is 37.3 Å². The van der Waals surface area contributed by atoms with E-state index in [0.717, 1.165) is 27.1 Å². The van der Waals surface area contributed by atoms with Crippen LogP contribution in [-0.2, 0) is 4.79 Å². The van der Waals surface area contributed by atoms with E-state index in [1.165, 1.54) is 0 Å². The standard InChI is InChI=1S/C22H16BrCl2N3O/c1-13-7-15(14(2)28(13)21-10-18(24)9-19(25)11-21)8-16(12-26)22(29)27-20-5-3-17(23)4-6-20/h3-11H,1-2H3,(H,27,29)/b16-8+. The normalized spacial score (nSPS) is 11.2. The molecule has 1 aromatic heterocycles. The Labute approximate surface area is 187 Å². The van der Waals surface area contributed by atoms with Crippen LogP contribution in [0.15, 0.2) is 58.6 Å². The Morgan fingerprint density at radius 2 is 1.72 bits per heavy atom. The summed E-state index contributed by atoms with van der Waals surface area (Å²) >= 11 is 15.6. The highest BCUT2D eigenvalue weighted by molar-refractivity contribution is 9.10. The van der Waals surface area contributed by atoms with Crippen LogP contribution >= 0.6 is 39.1 Å². The van der Waals surface area contributed by atoms with Crippen LogP contribution in [0.1, 0.15) is 17.0 Å². The summed E-state index contributed by atoms with van der Waals surface area (Å²) in [5.41, 5.74) is 3.99. The Morgan fingerprint density at radius 1 is 1.10 bits per heavy atom. The van der Waals surface area contributed by atoms with Crippen molar-refractivity contribution >= 4 is 56.8 Å². The Morgan fingerprint density at radius 3 is 2.31 bits per heavy atom. The Kier molecular flexibility index (Phi) is 6.49. The largest absolute Gasteiger partial charge is 0.321 e. The van der Waals surface area contributed by atoms with Gasteiger partial charge in [-0.05, 0) is 74.0 Å². The van der Waals surface area contributed by atoms with Crippen molar-refractivity contribution in [3.05, 3.63) is 85.6 Å². The van der Waals surface area contributed by atoms with Gasteiger partial charge >= 0.3 is 0 Å².